The van der Waals surface area contributed by atoms with E-state index in [9.17, 15) is 4.39 Å². The molecule has 0 saturated carbocycles. The number of nitrogens with one attached hydrogen (secondary N) is 1. The standard InChI is InChI=1S/C13H17ClFNO/c1-9-6-16(7-10(2)17-9)8-11-12(14)4-3-5-13(11)15/h3-5,9-10H,6-8H2,1-2H3/p+1/t9-,10-/m1/s1. The highest BCUT2D eigenvalue weighted by Gasteiger charge is 2.26. The maximum atomic E-state index is 13.7. The summed E-state index contributed by atoms with van der Waals surface area (Å²) in [5.41, 5.74) is 0.616. The third-order valence-electron chi connectivity index (χ3n) is 3.11. The molecule has 2 nitrogen and oxygen atoms in total. The van der Waals surface area contributed by atoms with Gasteiger partial charge in [-0.25, -0.2) is 4.39 Å². The molecule has 1 saturated heterocycles. The second-order valence-electron chi connectivity index (χ2n) is 4.79. The smallest absolute Gasteiger partial charge is 0.133 e. The van der Waals surface area contributed by atoms with Crippen molar-refractivity contribution in [1.82, 2.24) is 0 Å². The molecule has 0 aliphatic carbocycles. The van der Waals surface area contributed by atoms with Gasteiger partial charge in [0.1, 0.15) is 37.7 Å². The molecule has 1 N–H and O–H groups in total. The van der Waals surface area contributed by atoms with Gasteiger partial charge in [0.15, 0.2) is 0 Å². The van der Waals surface area contributed by atoms with Crippen molar-refractivity contribution < 1.29 is 14.0 Å². The molecule has 4 heteroatoms. The molecule has 1 aliphatic rings. The largest absolute Gasteiger partial charge is 0.364 e. The molecular weight excluding hydrogens is 241 g/mol. The second kappa shape index (κ2) is 5.34. The average Bonchev–Trinajstić information content (AvgIpc) is 2.22. The van der Waals surface area contributed by atoms with Crippen LogP contribution in [0.15, 0.2) is 18.2 Å². The van der Waals surface area contributed by atoms with Crippen LogP contribution >= 0.6 is 11.6 Å². The summed E-state index contributed by atoms with van der Waals surface area (Å²) >= 11 is 6.04. The van der Waals surface area contributed by atoms with Crippen molar-refractivity contribution in [2.45, 2.75) is 32.6 Å². The minimum atomic E-state index is -0.211. The van der Waals surface area contributed by atoms with Crippen molar-refractivity contribution in [1.29, 1.82) is 0 Å². The number of hydrogen-bond acceptors (Lipinski definition) is 1. The van der Waals surface area contributed by atoms with Gasteiger partial charge in [0.05, 0.1) is 10.6 Å². The Labute approximate surface area is 106 Å². The quantitative estimate of drug-likeness (QED) is 0.852. The minimum absolute atomic E-state index is 0.211. The van der Waals surface area contributed by atoms with Crippen LogP contribution in [0.4, 0.5) is 4.39 Å². The number of rotatable bonds is 2. The summed E-state index contributed by atoms with van der Waals surface area (Å²) in [4.78, 5) is 1.32. The van der Waals surface area contributed by atoms with E-state index in [0.29, 0.717) is 17.1 Å². The zero-order chi connectivity index (χ0) is 12.4. The first-order chi connectivity index (χ1) is 8.06. The summed E-state index contributed by atoms with van der Waals surface area (Å²) in [6.07, 6.45) is 0.443. The fourth-order valence-electron chi connectivity index (χ4n) is 2.48. The third-order valence-corrected chi connectivity index (χ3v) is 3.46. The first-order valence-corrected chi connectivity index (χ1v) is 6.36. The minimum Gasteiger partial charge on any atom is -0.364 e. The van der Waals surface area contributed by atoms with Crippen molar-refractivity contribution in [3.63, 3.8) is 0 Å². The Balaban J connectivity index is 2.10. The van der Waals surface area contributed by atoms with Gasteiger partial charge in [-0.2, -0.15) is 0 Å². The van der Waals surface area contributed by atoms with Crippen LogP contribution in [0.2, 0.25) is 5.02 Å². The van der Waals surface area contributed by atoms with Gasteiger partial charge in [0.25, 0.3) is 0 Å². The van der Waals surface area contributed by atoms with E-state index in [1.165, 1.54) is 11.0 Å². The molecule has 17 heavy (non-hydrogen) atoms. The van der Waals surface area contributed by atoms with Crippen molar-refractivity contribution in [2.75, 3.05) is 13.1 Å². The summed E-state index contributed by atoms with van der Waals surface area (Å²) < 4.78 is 19.3. The molecule has 0 unspecified atom stereocenters. The van der Waals surface area contributed by atoms with E-state index in [2.05, 4.69) is 13.8 Å². The molecule has 0 radical (unpaired) electrons. The monoisotopic (exact) mass is 258 g/mol. The normalized spacial score (nSPS) is 29.3. The Hall–Kier alpha value is -0.640. The third kappa shape index (κ3) is 3.18. The maximum absolute atomic E-state index is 13.7. The fraction of sp³-hybridized carbons (Fsp3) is 0.538. The zero-order valence-electron chi connectivity index (χ0n) is 10.2. The van der Waals surface area contributed by atoms with Gasteiger partial charge in [-0.05, 0) is 26.0 Å². The van der Waals surface area contributed by atoms with Gasteiger partial charge >= 0.3 is 0 Å². The van der Waals surface area contributed by atoms with Crippen LogP contribution in [0.5, 0.6) is 0 Å². The van der Waals surface area contributed by atoms with Crippen LogP contribution in [0, 0.1) is 5.82 Å². The number of hydrogen-bond donors (Lipinski definition) is 1. The Morgan fingerprint density at radius 3 is 2.59 bits per heavy atom. The van der Waals surface area contributed by atoms with Crippen LogP contribution in [0.3, 0.4) is 0 Å². The Kier molecular flexibility index (Phi) is 4.02. The van der Waals surface area contributed by atoms with Crippen LogP contribution in [-0.4, -0.2) is 25.3 Å². The fourth-order valence-corrected chi connectivity index (χ4v) is 2.71. The molecule has 94 valence electrons. The van der Waals surface area contributed by atoms with Gasteiger partial charge in [-0.1, -0.05) is 17.7 Å². The number of ether oxygens (including phenoxy) is 1. The number of benzene rings is 1. The van der Waals surface area contributed by atoms with E-state index in [4.69, 9.17) is 16.3 Å². The highest BCUT2D eigenvalue weighted by atomic mass is 35.5. The number of morpholine rings is 1. The van der Waals surface area contributed by atoms with Crippen LogP contribution in [0.1, 0.15) is 19.4 Å². The molecule has 1 aromatic carbocycles. The van der Waals surface area contributed by atoms with Crippen LogP contribution < -0.4 is 4.90 Å². The summed E-state index contributed by atoms with van der Waals surface area (Å²) in [5.74, 6) is -0.211. The molecule has 2 atom stereocenters. The molecule has 0 amide bonds. The first-order valence-electron chi connectivity index (χ1n) is 5.98. The highest BCUT2D eigenvalue weighted by Crippen LogP contribution is 2.18. The van der Waals surface area contributed by atoms with E-state index in [-0.39, 0.29) is 18.0 Å². The molecule has 0 aromatic heterocycles. The van der Waals surface area contributed by atoms with Gasteiger partial charge in [-0.3, -0.25) is 0 Å². The topological polar surface area (TPSA) is 13.7 Å². The Bertz CT molecular complexity index is 369. The lowest BCUT2D eigenvalue weighted by atomic mass is 10.1. The Morgan fingerprint density at radius 1 is 1.35 bits per heavy atom. The number of quaternary nitrogens is 1. The van der Waals surface area contributed by atoms with E-state index in [1.807, 2.05) is 0 Å². The van der Waals surface area contributed by atoms with E-state index < -0.39 is 0 Å². The molecule has 1 aromatic rings. The molecule has 1 heterocycles. The van der Waals surface area contributed by atoms with Crippen molar-refractivity contribution >= 4 is 11.6 Å². The summed E-state index contributed by atoms with van der Waals surface area (Å²) in [6.45, 7) is 6.53. The van der Waals surface area contributed by atoms with Crippen molar-refractivity contribution in [2.24, 2.45) is 0 Å². The van der Waals surface area contributed by atoms with Gasteiger partial charge in [0.2, 0.25) is 0 Å². The summed E-state index contributed by atoms with van der Waals surface area (Å²) in [7, 11) is 0. The van der Waals surface area contributed by atoms with Crippen LogP contribution in [0.25, 0.3) is 0 Å². The molecule has 2 rings (SSSR count). The van der Waals surface area contributed by atoms with Gasteiger partial charge in [0, 0.05) is 0 Å². The lowest BCUT2D eigenvalue weighted by Gasteiger charge is -2.32. The second-order valence-corrected chi connectivity index (χ2v) is 5.20. The predicted octanol–water partition coefficient (Wildman–Crippen LogP) is 1.67. The van der Waals surface area contributed by atoms with Crippen molar-refractivity contribution in [3.8, 4) is 0 Å². The SMILES string of the molecule is C[C@@H]1C[NH+](Cc2c(F)cccc2Cl)C[C@@H](C)O1. The van der Waals surface area contributed by atoms with E-state index in [0.717, 1.165) is 13.1 Å². The van der Waals surface area contributed by atoms with E-state index >= 15 is 0 Å². The molecule has 1 fully saturated rings. The van der Waals surface area contributed by atoms with Gasteiger partial charge in [-0.15, -0.1) is 0 Å². The molecule has 0 spiro atoms. The summed E-state index contributed by atoms with van der Waals surface area (Å²) in [5, 5.41) is 0.518. The predicted molar refractivity (Wildman–Crippen MR) is 65.8 cm³/mol. The highest BCUT2D eigenvalue weighted by molar-refractivity contribution is 6.31. The molecular formula is C13H18ClFNO+. The van der Waals surface area contributed by atoms with Gasteiger partial charge < -0.3 is 9.64 Å². The lowest BCUT2D eigenvalue weighted by molar-refractivity contribution is -0.928. The Morgan fingerprint density at radius 2 is 2.00 bits per heavy atom. The maximum Gasteiger partial charge on any atom is 0.133 e. The average molecular weight is 259 g/mol. The van der Waals surface area contributed by atoms with E-state index in [1.54, 1.807) is 12.1 Å². The van der Waals surface area contributed by atoms with Crippen molar-refractivity contribution in [3.05, 3.63) is 34.6 Å². The zero-order valence-corrected chi connectivity index (χ0v) is 10.9. The van der Waals surface area contributed by atoms with Crippen LogP contribution in [-0.2, 0) is 11.3 Å². The molecule has 1 aliphatic heterocycles. The summed E-state index contributed by atoms with van der Waals surface area (Å²) in [6, 6.07) is 4.85. The first kappa shape index (κ1) is 12.8. The lowest BCUT2D eigenvalue weighted by Crippen LogP contribution is -3.14. The number of halogens is 2. The molecule has 0 bridgehead atoms.